The summed E-state index contributed by atoms with van der Waals surface area (Å²) in [5.74, 6) is 0.676. The predicted molar refractivity (Wildman–Crippen MR) is 115 cm³/mol. The number of hydrogen-bond donors (Lipinski definition) is 3. The van der Waals surface area contributed by atoms with Crippen LogP contribution in [-0.4, -0.2) is 77.6 Å². The van der Waals surface area contributed by atoms with Crippen LogP contribution in [0.25, 0.3) is 0 Å². The van der Waals surface area contributed by atoms with Crippen molar-refractivity contribution < 1.29 is 29.3 Å². The van der Waals surface area contributed by atoms with Crippen LogP contribution >= 0.6 is 0 Å². The van der Waals surface area contributed by atoms with Gasteiger partial charge in [-0.2, -0.15) is 0 Å². The Bertz CT molecular complexity index is 801. The first-order chi connectivity index (χ1) is 14.8. The number of benzene rings is 1. The fourth-order valence-corrected chi connectivity index (χ4v) is 4.68. The van der Waals surface area contributed by atoms with Crippen LogP contribution in [0.5, 0.6) is 5.75 Å². The zero-order valence-corrected chi connectivity index (χ0v) is 18.0. The van der Waals surface area contributed by atoms with Gasteiger partial charge < -0.3 is 25.0 Å². The molecule has 3 aliphatic rings. The van der Waals surface area contributed by atoms with Crippen molar-refractivity contribution in [2.24, 2.45) is 0 Å². The van der Waals surface area contributed by atoms with Gasteiger partial charge in [0.05, 0.1) is 30.5 Å². The Morgan fingerprint density at radius 2 is 2.10 bits per heavy atom. The van der Waals surface area contributed by atoms with E-state index in [1.165, 1.54) is 0 Å². The third kappa shape index (κ3) is 5.44. The highest BCUT2D eigenvalue weighted by Crippen LogP contribution is 2.39. The Morgan fingerprint density at radius 3 is 2.74 bits per heavy atom. The molecule has 1 spiro atoms. The van der Waals surface area contributed by atoms with Gasteiger partial charge in [0.15, 0.2) is 0 Å². The van der Waals surface area contributed by atoms with Crippen molar-refractivity contribution in [1.82, 2.24) is 10.2 Å². The number of nitrogens with one attached hydrogen (secondary N) is 1. The molecule has 3 aliphatic heterocycles. The highest BCUT2D eigenvalue weighted by molar-refractivity contribution is 5.95. The first kappa shape index (κ1) is 23.2. The number of carboxylic acid groups (broad SMARTS) is 1. The third-order valence-corrected chi connectivity index (χ3v) is 6.40. The second kappa shape index (κ2) is 9.80. The van der Waals surface area contributed by atoms with Gasteiger partial charge in [-0.15, -0.1) is 6.58 Å². The Labute approximate surface area is 182 Å². The van der Waals surface area contributed by atoms with Gasteiger partial charge in [0.1, 0.15) is 5.75 Å². The van der Waals surface area contributed by atoms with Gasteiger partial charge in [-0.05, 0) is 43.5 Å². The molecule has 3 N–H and O–H groups in total. The van der Waals surface area contributed by atoms with E-state index in [0.717, 1.165) is 50.2 Å². The molecule has 4 rings (SSSR count). The van der Waals surface area contributed by atoms with Crippen molar-refractivity contribution in [3.8, 4) is 5.75 Å². The van der Waals surface area contributed by atoms with E-state index in [1.807, 2.05) is 25.1 Å². The number of likely N-dealkylation sites (tertiary alicyclic amines) is 1. The molecule has 1 aromatic carbocycles. The number of ether oxygens (including phenoxy) is 2. The van der Waals surface area contributed by atoms with Crippen LogP contribution in [0.3, 0.4) is 0 Å². The van der Waals surface area contributed by atoms with Crippen LogP contribution < -0.4 is 10.1 Å². The lowest BCUT2D eigenvalue weighted by molar-refractivity contribution is -0.185. The minimum absolute atomic E-state index is 0.180. The van der Waals surface area contributed by atoms with Crippen LogP contribution in [0.4, 0.5) is 0 Å². The zero-order chi connectivity index (χ0) is 22.5. The molecule has 0 unspecified atom stereocenters. The first-order valence-electron chi connectivity index (χ1n) is 10.7. The van der Waals surface area contributed by atoms with Gasteiger partial charge in [-0.25, -0.2) is 0 Å². The lowest BCUT2D eigenvalue weighted by atomic mass is 9.75. The Morgan fingerprint density at radius 1 is 1.39 bits per heavy atom. The van der Waals surface area contributed by atoms with Crippen LogP contribution in [-0.2, 0) is 16.0 Å². The lowest BCUT2D eigenvalue weighted by Crippen LogP contribution is -2.63. The average molecular weight is 433 g/mol. The van der Waals surface area contributed by atoms with E-state index in [1.54, 1.807) is 6.07 Å². The maximum Gasteiger partial charge on any atom is 0.290 e. The van der Waals surface area contributed by atoms with E-state index in [4.69, 9.17) is 19.4 Å². The smallest absolute Gasteiger partial charge is 0.290 e. The molecule has 2 fully saturated rings. The largest absolute Gasteiger partial charge is 0.493 e. The molecule has 3 heterocycles. The molecule has 31 heavy (non-hydrogen) atoms. The summed E-state index contributed by atoms with van der Waals surface area (Å²) in [6.07, 6.45) is 5.06. The summed E-state index contributed by atoms with van der Waals surface area (Å²) in [4.78, 5) is 23.5. The monoisotopic (exact) mass is 432 g/mol. The van der Waals surface area contributed by atoms with Gasteiger partial charge in [-0.1, -0.05) is 6.08 Å². The normalized spacial score (nSPS) is 26.7. The van der Waals surface area contributed by atoms with E-state index < -0.39 is 11.6 Å². The first-order valence-corrected chi connectivity index (χ1v) is 10.7. The third-order valence-electron chi connectivity index (χ3n) is 6.40. The topological polar surface area (TPSA) is 108 Å². The molecule has 0 radical (unpaired) electrons. The Balaban J connectivity index is 0.000000858. The quantitative estimate of drug-likeness (QED) is 0.490. The van der Waals surface area contributed by atoms with Gasteiger partial charge in [0.2, 0.25) is 0 Å². The molecular formula is C23H32N2O6. The Kier molecular flexibility index (Phi) is 7.35. The molecule has 0 saturated carbocycles. The standard InChI is InChI=1S/C22H30N2O4.CH2O2/c1-3-9-24-10-7-22(8-11-24)15-21(2,26)19(14-28-22)23-20(25)17-4-5-18-16(13-17)6-12-27-18;2-1-3/h3-5,13,19,26H,1,6-12,14-15H2,2H3,(H,23,25);1H,(H,2,3)/t19-,21-;/m0./s1. The van der Waals surface area contributed by atoms with Crippen molar-refractivity contribution in [2.45, 2.75) is 49.9 Å². The fraction of sp³-hybridized carbons (Fsp3) is 0.565. The summed E-state index contributed by atoms with van der Waals surface area (Å²) in [7, 11) is 0. The van der Waals surface area contributed by atoms with Crippen molar-refractivity contribution in [3.63, 3.8) is 0 Å². The second-order valence-electron chi connectivity index (χ2n) is 8.67. The summed E-state index contributed by atoms with van der Waals surface area (Å²) in [5, 5.41) is 21.0. The highest BCUT2D eigenvalue weighted by Gasteiger charge is 2.49. The molecule has 0 aromatic heterocycles. The van der Waals surface area contributed by atoms with Gasteiger partial charge in [0, 0.05) is 38.0 Å². The van der Waals surface area contributed by atoms with E-state index in [2.05, 4.69) is 16.8 Å². The number of carbonyl (C=O) groups excluding carboxylic acids is 1. The minimum atomic E-state index is -1.01. The molecule has 2 atom stereocenters. The van der Waals surface area contributed by atoms with E-state index >= 15 is 0 Å². The number of rotatable bonds is 4. The number of nitrogens with zero attached hydrogens (tertiary/aromatic N) is 1. The van der Waals surface area contributed by atoms with Crippen LogP contribution in [0, 0.1) is 0 Å². The van der Waals surface area contributed by atoms with E-state index in [-0.39, 0.29) is 18.0 Å². The van der Waals surface area contributed by atoms with Gasteiger partial charge in [-0.3, -0.25) is 14.5 Å². The highest BCUT2D eigenvalue weighted by atomic mass is 16.5. The molecular weight excluding hydrogens is 400 g/mol. The lowest BCUT2D eigenvalue weighted by Gasteiger charge is -2.51. The summed E-state index contributed by atoms with van der Waals surface area (Å²) in [6, 6.07) is 5.07. The number of piperidine rings is 1. The molecule has 1 amide bonds. The number of aliphatic hydroxyl groups is 1. The van der Waals surface area contributed by atoms with Crippen LogP contribution in [0.1, 0.15) is 42.1 Å². The zero-order valence-electron chi connectivity index (χ0n) is 18.0. The van der Waals surface area contributed by atoms with Crippen molar-refractivity contribution in [3.05, 3.63) is 42.0 Å². The number of fused-ring (bicyclic) bond motifs is 1. The molecule has 0 bridgehead atoms. The van der Waals surface area contributed by atoms with Crippen molar-refractivity contribution in [1.29, 1.82) is 0 Å². The molecule has 170 valence electrons. The van der Waals surface area contributed by atoms with Crippen LogP contribution in [0.15, 0.2) is 30.9 Å². The Hall–Kier alpha value is -2.42. The summed E-state index contributed by atoms with van der Waals surface area (Å²) in [6.45, 7) is 9.13. The van der Waals surface area contributed by atoms with Crippen molar-refractivity contribution >= 4 is 12.4 Å². The van der Waals surface area contributed by atoms with Crippen molar-refractivity contribution in [2.75, 3.05) is 32.8 Å². The number of amides is 1. The SMILES string of the molecule is C=CCN1CCC2(CC1)C[C@](C)(O)[C@@H](NC(=O)c1ccc3c(c1)CCO3)CO2.O=CO. The average Bonchev–Trinajstić information content (AvgIpc) is 3.20. The van der Waals surface area contributed by atoms with E-state index in [9.17, 15) is 9.90 Å². The van der Waals surface area contributed by atoms with Gasteiger partial charge >= 0.3 is 0 Å². The fourth-order valence-electron chi connectivity index (χ4n) is 4.68. The molecule has 1 aromatic rings. The number of carbonyl (C=O) groups is 2. The number of hydrogen-bond acceptors (Lipinski definition) is 6. The summed E-state index contributed by atoms with van der Waals surface area (Å²) >= 11 is 0. The molecule has 2 saturated heterocycles. The summed E-state index contributed by atoms with van der Waals surface area (Å²) in [5.41, 5.74) is 0.351. The second-order valence-corrected chi connectivity index (χ2v) is 8.67. The maximum absolute atomic E-state index is 12.7. The maximum atomic E-state index is 12.7. The van der Waals surface area contributed by atoms with E-state index in [0.29, 0.717) is 25.2 Å². The van der Waals surface area contributed by atoms with Crippen LogP contribution in [0.2, 0.25) is 0 Å². The minimum Gasteiger partial charge on any atom is -0.493 e. The molecule has 8 heteroatoms. The predicted octanol–water partition coefficient (Wildman–Crippen LogP) is 1.61. The summed E-state index contributed by atoms with van der Waals surface area (Å²) < 4.78 is 11.7. The molecule has 0 aliphatic carbocycles. The van der Waals surface area contributed by atoms with Gasteiger partial charge in [0.25, 0.3) is 12.4 Å². The molecule has 8 nitrogen and oxygen atoms in total.